The predicted octanol–water partition coefficient (Wildman–Crippen LogP) is 10.1. The van der Waals surface area contributed by atoms with E-state index in [9.17, 15) is 28.8 Å². The van der Waals surface area contributed by atoms with E-state index >= 15 is 0 Å². The lowest BCUT2D eigenvalue weighted by atomic mass is 9.44. The Bertz CT molecular complexity index is 1410. The van der Waals surface area contributed by atoms with Gasteiger partial charge in [-0.2, -0.15) is 0 Å². The van der Waals surface area contributed by atoms with Crippen LogP contribution in [0, 0.1) is 52.3 Å². The van der Waals surface area contributed by atoms with Gasteiger partial charge in [-0.1, -0.05) is 80.1 Å². The molecule has 4 fully saturated rings. The Labute approximate surface area is 361 Å². The molecule has 0 aliphatic heterocycles. The number of carbonyl (C=O) groups excluding carboxylic acids is 6. The summed E-state index contributed by atoms with van der Waals surface area (Å²) in [5.74, 6) is 1.35. The van der Waals surface area contributed by atoms with Crippen molar-refractivity contribution in [3.05, 3.63) is 0 Å². The van der Waals surface area contributed by atoms with Crippen LogP contribution in [-0.4, -0.2) is 67.7 Å². The van der Waals surface area contributed by atoms with Crippen LogP contribution in [0.4, 0.5) is 0 Å². The summed E-state index contributed by atoms with van der Waals surface area (Å²) in [6.45, 7) is 13.8. The SMILES string of the molecule is CCC(=O)OCC(COC(=O)CC)OC(=O)C(C)CCCCCCCCC(C)C(=O)OCCCCC(=O)O[C@@H]1CC[C@@]2(C)[C@@H](CC[C@@H]3[C@@H]2CC[C@]2(C)[C@@H](C(C)=O)CC[C@@H]32)C1. The van der Waals surface area contributed by atoms with E-state index in [0.29, 0.717) is 55.3 Å². The predicted molar refractivity (Wildman–Crippen MR) is 228 cm³/mol. The molecule has 342 valence electrons. The molecular formula is C49H80O11. The summed E-state index contributed by atoms with van der Waals surface area (Å²) in [4.78, 5) is 73.7. The Morgan fingerprint density at radius 3 is 1.82 bits per heavy atom. The second-order valence-electron chi connectivity index (χ2n) is 19.6. The average Bonchev–Trinajstić information content (AvgIpc) is 3.59. The lowest BCUT2D eigenvalue weighted by Crippen LogP contribution is -2.54. The molecule has 0 N–H and O–H groups in total. The molecule has 10 atom stereocenters. The smallest absolute Gasteiger partial charge is 0.309 e. The van der Waals surface area contributed by atoms with Gasteiger partial charge in [-0.05, 0) is 125 Å². The van der Waals surface area contributed by atoms with E-state index in [1.54, 1.807) is 20.8 Å². The number of ether oxygens (including phenoxy) is 5. The molecule has 0 aromatic carbocycles. The highest BCUT2D eigenvalue weighted by Crippen LogP contribution is 2.67. The summed E-state index contributed by atoms with van der Waals surface area (Å²) in [5, 5.41) is 0. The fraction of sp³-hybridized carbons (Fsp3) is 0.878. The summed E-state index contributed by atoms with van der Waals surface area (Å²) < 4.78 is 27.3. The van der Waals surface area contributed by atoms with Crippen molar-refractivity contribution in [2.75, 3.05) is 19.8 Å². The molecule has 4 rings (SSSR count). The Hall–Kier alpha value is -2.98. The molecule has 11 heteroatoms. The first-order valence-corrected chi connectivity index (χ1v) is 24.0. The van der Waals surface area contributed by atoms with Gasteiger partial charge in [0.25, 0.3) is 0 Å². The third kappa shape index (κ3) is 13.8. The van der Waals surface area contributed by atoms with Crippen LogP contribution in [0.1, 0.15) is 190 Å². The Balaban J connectivity index is 1.00. The highest BCUT2D eigenvalue weighted by molar-refractivity contribution is 5.79. The van der Waals surface area contributed by atoms with Crippen LogP contribution in [0.15, 0.2) is 0 Å². The van der Waals surface area contributed by atoms with Crippen molar-refractivity contribution in [3.63, 3.8) is 0 Å². The highest BCUT2D eigenvalue weighted by atomic mass is 16.6. The van der Waals surface area contributed by atoms with Gasteiger partial charge in [-0.25, -0.2) is 0 Å². The van der Waals surface area contributed by atoms with Gasteiger partial charge >= 0.3 is 29.8 Å². The minimum atomic E-state index is -0.831. The van der Waals surface area contributed by atoms with E-state index < -0.39 is 24.0 Å². The molecule has 0 bridgehead atoms. The third-order valence-corrected chi connectivity index (χ3v) is 15.5. The fourth-order valence-corrected chi connectivity index (χ4v) is 11.7. The second-order valence-corrected chi connectivity index (χ2v) is 19.6. The number of hydrogen-bond acceptors (Lipinski definition) is 11. The highest BCUT2D eigenvalue weighted by Gasteiger charge is 2.61. The molecular weight excluding hydrogens is 765 g/mol. The zero-order chi connectivity index (χ0) is 43.9. The van der Waals surface area contributed by atoms with Crippen molar-refractivity contribution in [3.8, 4) is 0 Å². The molecule has 0 heterocycles. The Morgan fingerprint density at radius 2 is 1.20 bits per heavy atom. The molecule has 0 spiro atoms. The van der Waals surface area contributed by atoms with Gasteiger partial charge in [0.2, 0.25) is 0 Å². The monoisotopic (exact) mass is 845 g/mol. The van der Waals surface area contributed by atoms with E-state index in [4.69, 9.17) is 23.7 Å². The maximum atomic E-state index is 12.8. The zero-order valence-corrected chi connectivity index (χ0v) is 38.4. The molecule has 2 unspecified atom stereocenters. The maximum Gasteiger partial charge on any atom is 0.309 e. The second kappa shape index (κ2) is 24.0. The van der Waals surface area contributed by atoms with Crippen molar-refractivity contribution in [2.24, 2.45) is 52.3 Å². The van der Waals surface area contributed by atoms with Gasteiger partial charge in [-0.3, -0.25) is 28.8 Å². The first-order valence-electron chi connectivity index (χ1n) is 24.0. The van der Waals surface area contributed by atoms with E-state index in [1.807, 2.05) is 13.8 Å². The van der Waals surface area contributed by atoms with Crippen LogP contribution < -0.4 is 0 Å². The summed E-state index contributed by atoms with van der Waals surface area (Å²) in [7, 11) is 0. The van der Waals surface area contributed by atoms with Crippen molar-refractivity contribution in [1.29, 1.82) is 0 Å². The van der Waals surface area contributed by atoms with Gasteiger partial charge in [0.05, 0.1) is 18.4 Å². The maximum absolute atomic E-state index is 12.8. The largest absolute Gasteiger partial charge is 0.465 e. The number of esters is 5. The Kier molecular flexibility index (Phi) is 19.9. The van der Waals surface area contributed by atoms with E-state index in [0.717, 1.165) is 82.5 Å². The quantitative estimate of drug-likeness (QED) is 0.0491. The first-order chi connectivity index (χ1) is 28.6. The van der Waals surface area contributed by atoms with Crippen LogP contribution in [-0.2, 0) is 52.5 Å². The normalized spacial score (nSPS) is 29.3. The molecule has 4 saturated carbocycles. The van der Waals surface area contributed by atoms with Gasteiger partial charge in [-0.15, -0.1) is 0 Å². The molecule has 0 aromatic heterocycles. The average molecular weight is 845 g/mol. The molecule has 4 aliphatic rings. The molecule has 0 aromatic rings. The number of carbonyl (C=O) groups is 6. The zero-order valence-electron chi connectivity index (χ0n) is 38.4. The number of fused-ring (bicyclic) bond motifs is 5. The standard InChI is InChI=1S/C49H80O11/c1-8-43(51)57-31-38(32-58-44(52)9-2)60-47(55)34(4)19-15-13-11-10-12-14-18-33(3)46(54)56-29-17-16-20-45(53)59-37-25-27-48(6)36(30-37)21-22-39-41-24-23-40(35(5)50)49(41,7)28-26-42(39)48/h33-34,36-42H,8-32H2,1-7H3/t33?,34?,36-,37+,39-,40+,41-,42-,48-,49+/m0/s1. The Morgan fingerprint density at radius 1 is 0.617 bits per heavy atom. The van der Waals surface area contributed by atoms with Crippen LogP contribution in [0.25, 0.3) is 0 Å². The van der Waals surface area contributed by atoms with Gasteiger partial charge in [0, 0.05) is 25.2 Å². The number of Topliss-reactive ketones (excluding diaryl/α,β-unsaturated/α-hetero) is 1. The van der Waals surface area contributed by atoms with Crippen LogP contribution in [0.5, 0.6) is 0 Å². The fourth-order valence-electron chi connectivity index (χ4n) is 11.7. The number of hydrogen-bond donors (Lipinski definition) is 0. The first kappa shape index (κ1) is 49.7. The summed E-state index contributed by atoms with van der Waals surface area (Å²) in [5.41, 5.74) is 0.491. The lowest BCUT2D eigenvalue weighted by Gasteiger charge is -2.61. The summed E-state index contributed by atoms with van der Waals surface area (Å²) in [6.07, 6.45) is 18.8. The third-order valence-electron chi connectivity index (χ3n) is 15.5. The number of unbranched alkanes of at least 4 members (excludes halogenated alkanes) is 6. The number of ketones is 1. The van der Waals surface area contributed by atoms with E-state index in [1.165, 1.54) is 32.1 Å². The topological polar surface area (TPSA) is 149 Å². The van der Waals surface area contributed by atoms with E-state index in [-0.39, 0.29) is 67.3 Å². The van der Waals surface area contributed by atoms with Gasteiger partial charge in [0.15, 0.2) is 6.10 Å². The van der Waals surface area contributed by atoms with Crippen molar-refractivity contribution in [1.82, 2.24) is 0 Å². The van der Waals surface area contributed by atoms with Crippen molar-refractivity contribution >= 4 is 35.6 Å². The van der Waals surface area contributed by atoms with Crippen LogP contribution in [0.2, 0.25) is 0 Å². The van der Waals surface area contributed by atoms with E-state index in [2.05, 4.69) is 13.8 Å². The molecule has 4 aliphatic carbocycles. The summed E-state index contributed by atoms with van der Waals surface area (Å²) >= 11 is 0. The summed E-state index contributed by atoms with van der Waals surface area (Å²) in [6, 6.07) is 0. The number of rotatable bonds is 25. The van der Waals surface area contributed by atoms with Crippen molar-refractivity contribution in [2.45, 2.75) is 202 Å². The minimum absolute atomic E-state index is 0.00409. The molecule has 11 nitrogen and oxygen atoms in total. The van der Waals surface area contributed by atoms with Crippen LogP contribution in [0.3, 0.4) is 0 Å². The van der Waals surface area contributed by atoms with Gasteiger partial charge in [0.1, 0.15) is 25.1 Å². The molecule has 0 amide bonds. The lowest BCUT2D eigenvalue weighted by molar-refractivity contribution is -0.169. The van der Waals surface area contributed by atoms with Crippen molar-refractivity contribution < 1.29 is 52.5 Å². The molecule has 0 saturated heterocycles. The minimum Gasteiger partial charge on any atom is -0.465 e. The molecule has 60 heavy (non-hydrogen) atoms. The van der Waals surface area contributed by atoms with Crippen LogP contribution >= 0.6 is 0 Å². The molecule has 0 radical (unpaired) electrons. The van der Waals surface area contributed by atoms with Gasteiger partial charge < -0.3 is 23.7 Å².